The van der Waals surface area contributed by atoms with Crippen molar-refractivity contribution in [1.29, 1.82) is 0 Å². The van der Waals surface area contributed by atoms with Crippen LogP contribution in [0.5, 0.6) is 0 Å². The molecule has 0 aliphatic heterocycles. The molecular weight excluding hydrogens is 218 g/mol. The van der Waals surface area contributed by atoms with Crippen molar-refractivity contribution in [2.45, 2.75) is 25.7 Å². The summed E-state index contributed by atoms with van der Waals surface area (Å²) < 4.78 is 10.4. The summed E-state index contributed by atoms with van der Waals surface area (Å²) in [5.74, 6) is 1.52. The summed E-state index contributed by atoms with van der Waals surface area (Å²) in [5, 5.41) is 4.11. The summed E-state index contributed by atoms with van der Waals surface area (Å²) in [6, 6.07) is 0. The normalized spacial score (nSPS) is 26.0. The molecule has 0 aromatic rings. The van der Waals surface area contributed by atoms with Gasteiger partial charge in [-0.05, 0) is 36.8 Å². The second kappa shape index (κ2) is 5.87. The number of rotatable bonds is 4. The molecule has 1 saturated carbocycles. The quantitative estimate of drug-likeness (QED) is 0.557. The Hall–Kier alpha value is -1.29. The van der Waals surface area contributed by atoms with Crippen molar-refractivity contribution in [3.8, 4) is 0 Å². The molecule has 0 aromatic carbocycles. The Labute approximate surface area is 102 Å². The molecule has 17 heavy (non-hydrogen) atoms. The second-order valence-electron chi connectivity index (χ2n) is 4.32. The molecule has 0 saturated heterocycles. The van der Waals surface area contributed by atoms with E-state index in [-0.39, 0.29) is 0 Å². The van der Waals surface area contributed by atoms with Gasteiger partial charge >= 0.3 is 0 Å². The van der Waals surface area contributed by atoms with Gasteiger partial charge in [-0.15, -0.1) is 0 Å². The van der Waals surface area contributed by atoms with Crippen LogP contribution in [0.3, 0.4) is 0 Å². The van der Waals surface area contributed by atoms with Gasteiger partial charge < -0.3 is 14.3 Å². The Morgan fingerprint density at radius 2 is 2.24 bits per heavy atom. The molecule has 1 atom stereocenters. The van der Waals surface area contributed by atoms with E-state index in [1.807, 2.05) is 6.08 Å². The second-order valence-corrected chi connectivity index (χ2v) is 4.32. The summed E-state index contributed by atoms with van der Waals surface area (Å²) in [4.78, 5) is 4.90. The van der Waals surface area contributed by atoms with Crippen LogP contribution in [0.4, 0.5) is 0 Å². The van der Waals surface area contributed by atoms with Gasteiger partial charge in [0, 0.05) is 13.5 Å². The number of oxime groups is 1. The maximum atomic E-state index is 5.50. The maximum absolute atomic E-state index is 5.50. The zero-order valence-electron chi connectivity index (χ0n) is 10.4. The SMILES string of the molecule is COCOC1=CC=C2/C(=N/OC)CCCC2C1. The minimum Gasteiger partial charge on any atom is -0.472 e. The Morgan fingerprint density at radius 3 is 3.00 bits per heavy atom. The number of methoxy groups -OCH3 is 1. The average Bonchev–Trinajstić information content (AvgIpc) is 2.37. The zero-order valence-corrected chi connectivity index (χ0v) is 10.4. The highest BCUT2D eigenvalue weighted by Crippen LogP contribution is 2.35. The van der Waals surface area contributed by atoms with Crippen LogP contribution in [0.1, 0.15) is 25.7 Å². The summed E-state index contributed by atoms with van der Waals surface area (Å²) in [6.07, 6.45) is 8.44. The highest BCUT2D eigenvalue weighted by molar-refractivity contribution is 6.01. The van der Waals surface area contributed by atoms with E-state index in [0.717, 1.165) is 24.3 Å². The minimum absolute atomic E-state index is 0.320. The molecule has 0 heterocycles. The van der Waals surface area contributed by atoms with Crippen LogP contribution in [0.15, 0.2) is 28.6 Å². The van der Waals surface area contributed by atoms with Crippen LogP contribution in [0, 0.1) is 5.92 Å². The van der Waals surface area contributed by atoms with Crippen LogP contribution >= 0.6 is 0 Å². The third-order valence-electron chi connectivity index (χ3n) is 3.20. The number of nitrogens with zero attached hydrogens (tertiary/aromatic N) is 1. The van der Waals surface area contributed by atoms with Crippen LogP contribution < -0.4 is 0 Å². The molecule has 4 heteroatoms. The van der Waals surface area contributed by atoms with Crippen LogP contribution in [0.25, 0.3) is 0 Å². The van der Waals surface area contributed by atoms with E-state index in [1.54, 1.807) is 14.2 Å². The van der Waals surface area contributed by atoms with E-state index in [9.17, 15) is 0 Å². The van der Waals surface area contributed by atoms with Crippen molar-refractivity contribution in [3.63, 3.8) is 0 Å². The minimum atomic E-state index is 0.320. The van der Waals surface area contributed by atoms with Crippen LogP contribution in [0.2, 0.25) is 0 Å². The topological polar surface area (TPSA) is 40.0 Å². The summed E-state index contributed by atoms with van der Waals surface area (Å²) in [6.45, 7) is 0.320. The first-order valence-electron chi connectivity index (χ1n) is 5.98. The first-order chi connectivity index (χ1) is 8.35. The van der Waals surface area contributed by atoms with Gasteiger partial charge in [-0.25, -0.2) is 0 Å². The molecule has 2 rings (SSSR count). The van der Waals surface area contributed by atoms with E-state index in [0.29, 0.717) is 12.7 Å². The van der Waals surface area contributed by atoms with Crippen molar-refractivity contribution >= 4 is 5.71 Å². The molecule has 2 aliphatic rings. The van der Waals surface area contributed by atoms with Gasteiger partial charge in [-0.1, -0.05) is 11.2 Å². The third kappa shape index (κ3) is 2.88. The molecule has 94 valence electrons. The molecule has 0 bridgehead atoms. The van der Waals surface area contributed by atoms with Gasteiger partial charge in [-0.2, -0.15) is 0 Å². The Bertz CT molecular complexity index is 358. The molecule has 0 aromatic heterocycles. The number of ether oxygens (including phenoxy) is 2. The predicted molar refractivity (Wildman–Crippen MR) is 65.5 cm³/mol. The molecule has 1 fully saturated rings. The monoisotopic (exact) mass is 237 g/mol. The lowest BCUT2D eigenvalue weighted by atomic mass is 9.78. The van der Waals surface area contributed by atoms with Gasteiger partial charge in [0.25, 0.3) is 0 Å². The molecule has 0 amide bonds. The Kier molecular flexibility index (Phi) is 4.20. The van der Waals surface area contributed by atoms with Crippen LogP contribution in [-0.4, -0.2) is 26.7 Å². The van der Waals surface area contributed by atoms with Crippen molar-refractivity contribution in [3.05, 3.63) is 23.5 Å². The summed E-state index contributed by atoms with van der Waals surface area (Å²) >= 11 is 0. The van der Waals surface area contributed by atoms with Gasteiger partial charge in [-0.3, -0.25) is 0 Å². The molecule has 4 nitrogen and oxygen atoms in total. The first-order valence-corrected chi connectivity index (χ1v) is 5.98. The van der Waals surface area contributed by atoms with E-state index in [1.165, 1.54) is 18.4 Å². The standard InChI is InChI=1S/C13H19NO3/c1-15-9-17-11-6-7-12-10(8-11)4-3-5-13(12)14-16-2/h6-7,10H,3-5,8-9H2,1-2H3/b14-13+. The lowest BCUT2D eigenvalue weighted by molar-refractivity contribution is 0.000310. The lowest BCUT2D eigenvalue weighted by Crippen LogP contribution is -2.22. The van der Waals surface area contributed by atoms with E-state index >= 15 is 0 Å². The number of hydrogen-bond acceptors (Lipinski definition) is 4. The highest BCUT2D eigenvalue weighted by atomic mass is 16.7. The molecule has 1 unspecified atom stereocenters. The van der Waals surface area contributed by atoms with Crippen molar-refractivity contribution in [2.75, 3.05) is 21.0 Å². The molecule has 0 radical (unpaired) electrons. The third-order valence-corrected chi connectivity index (χ3v) is 3.20. The Balaban J connectivity index is 2.10. The fraction of sp³-hybridized carbons (Fsp3) is 0.615. The summed E-state index contributed by atoms with van der Waals surface area (Å²) in [5.41, 5.74) is 2.40. The Morgan fingerprint density at radius 1 is 1.35 bits per heavy atom. The molecular formula is C13H19NO3. The van der Waals surface area contributed by atoms with Crippen LogP contribution in [-0.2, 0) is 14.3 Å². The van der Waals surface area contributed by atoms with Crippen molar-refractivity contribution in [1.82, 2.24) is 0 Å². The molecule has 0 N–H and O–H groups in total. The summed E-state index contributed by atoms with van der Waals surface area (Å²) in [7, 11) is 3.23. The largest absolute Gasteiger partial charge is 0.472 e. The van der Waals surface area contributed by atoms with Gasteiger partial charge in [0.2, 0.25) is 0 Å². The average molecular weight is 237 g/mol. The van der Waals surface area contributed by atoms with Gasteiger partial charge in [0.05, 0.1) is 11.5 Å². The van der Waals surface area contributed by atoms with Crippen molar-refractivity contribution in [2.24, 2.45) is 11.1 Å². The fourth-order valence-corrected chi connectivity index (χ4v) is 2.44. The fourth-order valence-electron chi connectivity index (χ4n) is 2.44. The first kappa shape index (κ1) is 12.2. The van der Waals surface area contributed by atoms with E-state index < -0.39 is 0 Å². The zero-order chi connectivity index (χ0) is 12.1. The van der Waals surface area contributed by atoms with Gasteiger partial charge in [0.15, 0.2) is 6.79 Å². The molecule has 0 spiro atoms. The van der Waals surface area contributed by atoms with E-state index in [4.69, 9.17) is 14.3 Å². The maximum Gasteiger partial charge on any atom is 0.188 e. The number of fused-ring (bicyclic) bond motifs is 1. The van der Waals surface area contributed by atoms with Crippen molar-refractivity contribution < 1.29 is 14.3 Å². The number of allylic oxidation sites excluding steroid dienone is 4. The lowest BCUT2D eigenvalue weighted by Gasteiger charge is -2.29. The van der Waals surface area contributed by atoms with E-state index in [2.05, 4.69) is 11.2 Å². The predicted octanol–water partition coefficient (Wildman–Crippen LogP) is 2.62. The molecule has 2 aliphatic carbocycles. The smallest absolute Gasteiger partial charge is 0.188 e. The number of hydrogen-bond donors (Lipinski definition) is 0. The van der Waals surface area contributed by atoms with Gasteiger partial charge in [0.1, 0.15) is 7.11 Å². The highest BCUT2D eigenvalue weighted by Gasteiger charge is 2.27.